The minimum absolute atomic E-state index is 0.204. The summed E-state index contributed by atoms with van der Waals surface area (Å²) < 4.78 is 10.1. The summed E-state index contributed by atoms with van der Waals surface area (Å²) in [6.45, 7) is 3.46. The third kappa shape index (κ3) is 3.40. The maximum absolute atomic E-state index is 12.0. The molecule has 0 unspecified atom stereocenters. The van der Waals surface area contributed by atoms with E-state index in [2.05, 4.69) is 20.6 Å². The molecule has 0 bridgehead atoms. The number of aromatic nitrogens is 3. The Balaban J connectivity index is 1.72. The predicted molar refractivity (Wildman–Crippen MR) is 81.9 cm³/mol. The Bertz CT molecular complexity index is 825. The average Bonchev–Trinajstić information content (AvgIpc) is 3.17. The summed E-state index contributed by atoms with van der Waals surface area (Å²) in [5.41, 5.74) is 0.953. The van der Waals surface area contributed by atoms with Crippen molar-refractivity contribution in [2.24, 2.45) is 0 Å². The molecule has 0 aliphatic heterocycles. The van der Waals surface area contributed by atoms with Crippen molar-refractivity contribution in [1.29, 1.82) is 0 Å². The van der Waals surface area contributed by atoms with Crippen molar-refractivity contribution in [2.45, 2.75) is 19.9 Å². The number of carbonyl (C=O) groups is 1. The van der Waals surface area contributed by atoms with E-state index in [0.29, 0.717) is 22.5 Å². The summed E-state index contributed by atoms with van der Waals surface area (Å²) in [6.07, 6.45) is 0. The van der Waals surface area contributed by atoms with E-state index in [1.807, 2.05) is 0 Å². The quantitative estimate of drug-likeness (QED) is 0.788. The van der Waals surface area contributed by atoms with Gasteiger partial charge in [-0.15, -0.1) is 0 Å². The molecular weight excluding hydrogens is 320 g/mol. The molecule has 3 rings (SSSR count). The van der Waals surface area contributed by atoms with E-state index in [9.17, 15) is 4.79 Å². The van der Waals surface area contributed by atoms with Crippen LogP contribution in [-0.4, -0.2) is 21.2 Å². The molecular formula is C15H13ClN4O3. The Morgan fingerprint density at radius 2 is 1.96 bits per heavy atom. The van der Waals surface area contributed by atoms with Crippen LogP contribution in [0.4, 0.5) is 0 Å². The van der Waals surface area contributed by atoms with E-state index in [1.165, 1.54) is 0 Å². The Kier molecular flexibility index (Phi) is 4.12. The van der Waals surface area contributed by atoms with Gasteiger partial charge in [0.1, 0.15) is 5.76 Å². The van der Waals surface area contributed by atoms with Crippen molar-refractivity contribution in [3.05, 3.63) is 52.6 Å². The number of hydrogen-bond acceptors (Lipinski definition) is 6. The molecule has 23 heavy (non-hydrogen) atoms. The number of benzene rings is 1. The van der Waals surface area contributed by atoms with Crippen molar-refractivity contribution < 1.29 is 13.8 Å². The monoisotopic (exact) mass is 332 g/mol. The van der Waals surface area contributed by atoms with Gasteiger partial charge in [0.2, 0.25) is 0 Å². The zero-order valence-corrected chi connectivity index (χ0v) is 13.2. The van der Waals surface area contributed by atoms with Crippen molar-refractivity contribution in [1.82, 2.24) is 20.6 Å². The molecule has 1 atom stereocenters. The van der Waals surface area contributed by atoms with Crippen LogP contribution in [0.3, 0.4) is 0 Å². The molecule has 8 heteroatoms. The molecule has 1 N–H and O–H groups in total. The number of carbonyl (C=O) groups excluding carboxylic acids is 1. The molecule has 0 spiro atoms. The van der Waals surface area contributed by atoms with Crippen LogP contribution >= 0.6 is 11.6 Å². The van der Waals surface area contributed by atoms with Gasteiger partial charge in [-0.1, -0.05) is 21.9 Å². The fraction of sp³-hybridized carbons (Fsp3) is 0.200. The lowest BCUT2D eigenvalue weighted by Gasteiger charge is -2.07. The SMILES string of the molecule is Cc1cc(C(=O)N[C@@H](C)c2noc(-c3ccc(Cl)cc3)n2)no1. The van der Waals surface area contributed by atoms with Gasteiger partial charge >= 0.3 is 0 Å². The van der Waals surface area contributed by atoms with Crippen molar-refractivity contribution in [2.75, 3.05) is 0 Å². The topological polar surface area (TPSA) is 94.1 Å². The number of hydrogen-bond donors (Lipinski definition) is 1. The Morgan fingerprint density at radius 1 is 1.22 bits per heavy atom. The van der Waals surface area contributed by atoms with Crippen LogP contribution < -0.4 is 5.32 Å². The minimum atomic E-state index is -0.440. The van der Waals surface area contributed by atoms with Gasteiger partial charge in [-0.3, -0.25) is 4.79 Å². The Labute approximate surface area is 136 Å². The van der Waals surface area contributed by atoms with Crippen LogP contribution in [0.2, 0.25) is 5.02 Å². The largest absolute Gasteiger partial charge is 0.361 e. The average molecular weight is 333 g/mol. The molecule has 3 aromatic rings. The summed E-state index contributed by atoms with van der Waals surface area (Å²) in [4.78, 5) is 16.3. The highest BCUT2D eigenvalue weighted by Gasteiger charge is 2.19. The van der Waals surface area contributed by atoms with E-state index >= 15 is 0 Å². The second kappa shape index (κ2) is 6.21. The zero-order valence-electron chi connectivity index (χ0n) is 12.4. The molecule has 0 aliphatic carbocycles. The number of amides is 1. The van der Waals surface area contributed by atoms with Gasteiger partial charge in [0.25, 0.3) is 11.8 Å². The first-order chi connectivity index (χ1) is 11.0. The molecule has 7 nitrogen and oxygen atoms in total. The highest BCUT2D eigenvalue weighted by Crippen LogP contribution is 2.21. The number of rotatable bonds is 4. The third-order valence-electron chi connectivity index (χ3n) is 3.13. The van der Waals surface area contributed by atoms with E-state index in [-0.39, 0.29) is 11.6 Å². The highest BCUT2D eigenvalue weighted by atomic mass is 35.5. The van der Waals surface area contributed by atoms with Crippen LogP contribution in [0, 0.1) is 6.92 Å². The molecule has 1 amide bonds. The second-order valence-electron chi connectivity index (χ2n) is 4.98. The molecule has 1 aromatic carbocycles. The highest BCUT2D eigenvalue weighted by molar-refractivity contribution is 6.30. The van der Waals surface area contributed by atoms with Gasteiger partial charge in [0, 0.05) is 16.7 Å². The number of nitrogens with one attached hydrogen (secondary N) is 1. The van der Waals surface area contributed by atoms with Gasteiger partial charge < -0.3 is 14.4 Å². The second-order valence-corrected chi connectivity index (χ2v) is 5.42. The molecule has 0 fully saturated rings. The molecule has 0 radical (unpaired) electrons. The van der Waals surface area contributed by atoms with Gasteiger partial charge in [-0.25, -0.2) is 0 Å². The number of nitrogens with zero attached hydrogens (tertiary/aromatic N) is 3. The zero-order chi connectivity index (χ0) is 16.4. The first kappa shape index (κ1) is 15.2. The lowest BCUT2D eigenvalue weighted by atomic mass is 10.2. The van der Waals surface area contributed by atoms with Crippen LogP contribution in [0.15, 0.2) is 39.4 Å². The van der Waals surface area contributed by atoms with Crippen molar-refractivity contribution >= 4 is 17.5 Å². The first-order valence-corrected chi connectivity index (χ1v) is 7.24. The van der Waals surface area contributed by atoms with Gasteiger partial charge in [-0.05, 0) is 38.1 Å². The van der Waals surface area contributed by atoms with Crippen LogP contribution in [0.25, 0.3) is 11.5 Å². The maximum Gasteiger partial charge on any atom is 0.274 e. The van der Waals surface area contributed by atoms with Crippen LogP contribution in [0.5, 0.6) is 0 Å². The van der Waals surface area contributed by atoms with E-state index in [4.69, 9.17) is 20.6 Å². The first-order valence-electron chi connectivity index (χ1n) is 6.86. The third-order valence-corrected chi connectivity index (χ3v) is 3.38. The summed E-state index contributed by atoms with van der Waals surface area (Å²) in [5.74, 6) is 0.915. The van der Waals surface area contributed by atoms with Gasteiger partial charge in [-0.2, -0.15) is 4.98 Å². The van der Waals surface area contributed by atoms with E-state index in [1.54, 1.807) is 44.2 Å². The summed E-state index contributed by atoms with van der Waals surface area (Å²) in [7, 11) is 0. The minimum Gasteiger partial charge on any atom is -0.361 e. The molecule has 0 saturated heterocycles. The standard InChI is InChI=1S/C15H13ClN4O3/c1-8-7-12(19-22-8)14(21)17-9(2)13-18-15(23-20-13)10-3-5-11(16)6-4-10/h3-7,9H,1-2H3,(H,17,21)/t9-/m0/s1. The van der Waals surface area contributed by atoms with Crippen molar-refractivity contribution in [3.63, 3.8) is 0 Å². The predicted octanol–water partition coefficient (Wildman–Crippen LogP) is 3.18. The smallest absolute Gasteiger partial charge is 0.274 e. The van der Waals surface area contributed by atoms with Crippen LogP contribution in [-0.2, 0) is 0 Å². The molecule has 0 aliphatic rings. The normalized spacial score (nSPS) is 12.1. The fourth-order valence-electron chi connectivity index (χ4n) is 1.93. The molecule has 2 heterocycles. The Hall–Kier alpha value is -2.67. The maximum atomic E-state index is 12.0. The van der Waals surface area contributed by atoms with Crippen LogP contribution in [0.1, 0.15) is 35.0 Å². The van der Waals surface area contributed by atoms with E-state index in [0.717, 1.165) is 5.56 Å². The number of halogens is 1. The number of aryl methyl sites for hydroxylation is 1. The lowest BCUT2D eigenvalue weighted by molar-refractivity contribution is 0.0928. The lowest BCUT2D eigenvalue weighted by Crippen LogP contribution is -2.27. The Morgan fingerprint density at radius 3 is 2.61 bits per heavy atom. The van der Waals surface area contributed by atoms with Gasteiger partial charge in [0.05, 0.1) is 6.04 Å². The summed E-state index contributed by atoms with van der Waals surface area (Å²) >= 11 is 5.84. The molecule has 2 aromatic heterocycles. The van der Waals surface area contributed by atoms with E-state index < -0.39 is 6.04 Å². The molecule has 118 valence electrons. The molecule has 0 saturated carbocycles. The van der Waals surface area contributed by atoms with Gasteiger partial charge in [0.15, 0.2) is 11.5 Å². The fourth-order valence-corrected chi connectivity index (χ4v) is 2.05. The van der Waals surface area contributed by atoms with Crippen molar-refractivity contribution in [3.8, 4) is 11.5 Å². The summed E-state index contributed by atoms with van der Waals surface area (Å²) in [6, 6.07) is 8.14. The summed E-state index contributed by atoms with van der Waals surface area (Å²) in [5, 5.41) is 10.9.